The summed E-state index contributed by atoms with van der Waals surface area (Å²) in [6.07, 6.45) is 7.79. The van der Waals surface area contributed by atoms with E-state index in [9.17, 15) is 9.59 Å². The molecule has 0 aromatic rings. The first-order valence-corrected chi connectivity index (χ1v) is 11.7. The van der Waals surface area contributed by atoms with Crippen molar-refractivity contribution in [2.24, 2.45) is 5.92 Å². The molecule has 3 fully saturated rings. The second-order valence-corrected chi connectivity index (χ2v) is 9.14. The Bertz CT molecular complexity index is 474. The summed E-state index contributed by atoms with van der Waals surface area (Å²) >= 11 is 1.76. The fourth-order valence-corrected chi connectivity index (χ4v) is 5.40. The van der Waals surface area contributed by atoms with E-state index in [4.69, 9.17) is 0 Å². The lowest BCUT2D eigenvalue weighted by Crippen LogP contribution is -2.52. The Morgan fingerprint density at radius 3 is 2.35 bits per heavy atom. The first-order chi connectivity index (χ1) is 12.7. The summed E-state index contributed by atoms with van der Waals surface area (Å²) in [5, 5.41) is 0. The van der Waals surface area contributed by atoms with Crippen LogP contribution in [0.1, 0.15) is 51.9 Å². The Balaban J connectivity index is 1.43. The Hall–Kier alpha value is -0.750. The molecule has 0 unspecified atom stereocenters. The standard InChI is InChI=1S/C20H35N3O2S/c1-2-14-26-16-19(24)21-12-7-18(8-13-21)23-11-5-6-17(15-23)20(25)22-9-3-4-10-22/h17-18H,2-16H2,1H3/t17-/m0/s1. The number of rotatable bonds is 6. The van der Waals surface area contributed by atoms with Gasteiger partial charge >= 0.3 is 0 Å². The molecule has 3 saturated heterocycles. The zero-order valence-electron chi connectivity index (χ0n) is 16.3. The summed E-state index contributed by atoms with van der Waals surface area (Å²) in [5.41, 5.74) is 0. The molecule has 3 aliphatic heterocycles. The smallest absolute Gasteiger partial charge is 0.232 e. The molecule has 0 aromatic heterocycles. The molecule has 0 spiro atoms. The van der Waals surface area contributed by atoms with Crippen LogP contribution in [0, 0.1) is 5.92 Å². The van der Waals surface area contributed by atoms with Crippen molar-refractivity contribution in [3.05, 3.63) is 0 Å². The Morgan fingerprint density at radius 1 is 0.923 bits per heavy atom. The van der Waals surface area contributed by atoms with Gasteiger partial charge in [0.25, 0.3) is 0 Å². The van der Waals surface area contributed by atoms with Gasteiger partial charge in [-0.05, 0) is 57.2 Å². The summed E-state index contributed by atoms with van der Waals surface area (Å²) in [5.74, 6) is 2.61. The van der Waals surface area contributed by atoms with Crippen molar-refractivity contribution in [2.45, 2.75) is 57.9 Å². The minimum atomic E-state index is 0.201. The van der Waals surface area contributed by atoms with Crippen LogP contribution in [0.15, 0.2) is 0 Å². The molecule has 6 heteroatoms. The molecule has 5 nitrogen and oxygen atoms in total. The zero-order chi connectivity index (χ0) is 18.4. The van der Waals surface area contributed by atoms with Crippen LogP contribution in [0.2, 0.25) is 0 Å². The second kappa shape index (κ2) is 9.98. The molecule has 148 valence electrons. The van der Waals surface area contributed by atoms with E-state index in [2.05, 4.69) is 21.6 Å². The SMILES string of the molecule is CCCSCC(=O)N1CCC(N2CCC[C@H](C(=O)N3CCCC3)C2)CC1. The molecule has 3 heterocycles. The van der Waals surface area contributed by atoms with Crippen LogP contribution >= 0.6 is 11.8 Å². The third-order valence-electron chi connectivity index (χ3n) is 6.13. The van der Waals surface area contributed by atoms with Crippen molar-refractivity contribution in [3.8, 4) is 0 Å². The largest absolute Gasteiger partial charge is 0.342 e. The molecular formula is C20H35N3O2S. The quantitative estimate of drug-likeness (QED) is 0.663. The molecule has 2 amide bonds. The van der Waals surface area contributed by atoms with E-state index in [1.165, 1.54) is 12.8 Å². The number of hydrogen-bond donors (Lipinski definition) is 0. The van der Waals surface area contributed by atoms with Gasteiger partial charge < -0.3 is 9.80 Å². The van der Waals surface area contributed by atoms with E-state index in [1.807, 2.05) is 0 Å². The number of likely N-dealkylation sites (tertiary alicyclic amines) is 3. The van der Waals surface area contributed by atoms with Gasteiger partial charge in [0.1, 0.15) is 0 Å². The van der Waals surface area contributed by atoms with Gasteiger partial charge in [-0.15, -0.1) is 0 Å². The first kappa shape index (κ1) is 20.0. The van der Waals surface area contributed by atoms with Crippen molar-refractivity contribution < 1.29 is 9.59 Å². The molecule has 0 aliphatic carbocycles. The van der Waals surface area contributed by atoms with Crippen LogP contribution in [0.5, 0.6) is 0 Å². The molecule has 1 atom stereocenters. The Morgan fingerprint density at radius 2 is 1.65 bits per heavy atom. The fourth-order valence-electron chi connectivity index (χ4n) is 4.61. The predicted molar refractivity (Wildman–Crippen MR) is 107 cm³/mol. The van der Waals surface area contributed by atoms with Crippen LogP contribution in [0.4, 0.5) is 0 Å². The van der Waals surface area contributed by atoms with E-state index in [1.54, 1.807) is 11.8 Å². The van der Waals surface area contributed by atoms with E-state index < -0.39 is 0 Å². The molecular weight excluding hydrogens is 346 g/mol. The van der Waals surface area contributed by atoms with Crippen LogP contribution in [-0.4, -0.2) is 83.3 Å². The van der Waals surface area contributed by atoms with E-state index in [-0.39, 0.29) is 5.92 Å². The van der Waals surface area contributed by atoms with E-state index >= 15 is 0 Å². The minimum Gasteiger partial charge on any atom is -0.342 e. The molecule has 0 aromatic carbocycles. The third kappa shape index (κ3) is 5.16. The fraction of sp³-hybridized carbons (Fsp3) is 0.900. The summed E-state index contributed by atoms with van der Waals surface area (Å²) < 4.78 is 0. The Labute approximate surface area is 162 Å². The summed E-state index contributed by atoms with van der Waals surface area (Å²) in [6, 6.07) is 0.552. The van der Waals surface area contributed by atoms with Gasteiger partial charge in [-0.2, -0.15) is 11.8 Å². The molecule has 26 heavy (non-hydrogen) atoms. The highest BCUT2D eigenvalue weighted by atomic mass is 32.2. The van der Waals surface area contributed by atoms with Crippen molar-refractivity contribution in [1.29, 1.82) is 0 Å². The van der Waals surface area contributed by atoms with Crippen molar-refractivity contribution in [3.63, 3.8) is 0 Å². The van der Waals surface area contributed by atoms with Crippen molar-refractivity contribution >= 4 is 23.6 Å². The molecule has 0 bridgehead atoms. The van der Waals surface area contributed by atoms with Gasteiger partial charge in [-0.25, -0.2) is 0 Å². The van der Waals surface area contributed by atoms with Crippen LogP contribution in [-0.2, 0) is 9.59 Å². The van der Waals surface area contributed by atoms with Crippen molar-refractivity contribution in [2.75, 3.05) is 50.8 Å². The van der Waals surface area contributed by atoms with E-state index in [0.29, 0.717) is 23.6 Å². The van der Waals surface area contributed by atoms with Gasteiger partial charge in [0.05, 0.1) is 11.7 Å². The maximum atomic E-state index is 12.7. The first-order valence-electron chi connectivity index (χ1n) is 10.6. The monoisotopic (exact) mass is 381 g/mol. The lowest BCUT2D eigenvalue weighted by molar-refractivity contribution is -0.136. The predicted octanol–water partition coefficient (Wildman–Crippen LogP) is 2.46. The normalized spacial score (nSPS) is 25.7. The number of piperidine rings is 2. The van der Waals surface area contributed by atoms with Gasteiger partial charge in [-0.1, -0.05) is 6.92 Å². The number of amides is 2. The van der Waals surface area contributed by atoms with E-state index in [0.717, 1.165) is 77.1 Å². The zero-order valence-corrected chi connectivity index (χ0v) is 17.1. The average molecular weight is 382 g/mol. The van der Waals surface area contributed by atoms with Crippen LogP contribution in [0.3, 0.4) is 0 Å². The highest BCUT2D eigenvalue weighted by Crippen LogP contribution is 2.26. The highest BCUT2D eigenvalue weighted by Gasteiger charge is 2.34. The molecule has 0 N–H and O–H groups in total. The number of carbonyl (C=O) groups excluding carboxylic acids is 2. The number of carbonyl (C=O) groups is 2. The Kier molecular flexibility index (Phi) is 7.67. The van der Waals surface area contributed by atoms with Gasteiger partial charge in [-0.3, -0.25) is 14.5 Å². The number of thioether (sulfide) groups is 1. The summed E-state index contributed by atoms with van der Waals surface area (Å²) in [4.78, 5) is 31.7. The average Bonchev–Trinajstić information content (AvgIpc) is 3.22. The maximum absolute atomic E-state index is 12.7. The summed E-state index contributed by atoms with van der Waals surface area (Å²) in [6.45, 7) is 7.91. The van der Waals surface area contributed by atoms with Gasteiger partial charge in [0, 0.05) is 38.8 Å². The molecule has 0 radical (unpaired) electrons. The van der Waals surface area contributed by atoms with Gasteiger partial charge in [0.2, 0.25) is 11.8 Å². The topological polar surface area (TPSA) is 43.9 Å². The van der Waals surface area contributed by atoms with Crippen molar-refractivity contribution in [1.82, 2.24) is 14.7 Å². The number of hydrogen-bond acceptors (Lipinski definition) is 4. The summed E-state index contributed by atoms with van der Waals surface area (Å²) in [7, 11) is 0. The third-order valence-corrected chi connectivity index (χ3v) is 7.28. The highest BCUT2D eigenvalue weighted by molar-refractivity contribution is 7.99. The molecule has 3 aliphatic rings. The van der Waals surface area contributed by atoms with Crippen LogP contribution < -0.4 is 0 Å². The lowest BCUT2D eigenvalue weighted by atomic mass is 9.93. The lowest BCUT2D eigenvalue weighted by Gasteiger charge is -2.42. The minimum absolute atomic E-state index is 0.201. The number of nitrogens with zero attached hydrogens (tertiary/aromatic N) is 3. The maximum Gasteiger partial charge on any atom is 0.232 e. The van der Waals surface area contributed by atoms with Gasteiger partial charge in [0.15, 0.2) is 0 Å². The van der Waals surface area contributed by atoms with Crippen LogP contribution in [0.25, 0.3) is 0 Å². The second-order valence-electron chi connectivity index (χ2n) is 8.03. The molecule has 3 rings (SSSR count). The molecule has 0 saturated carbocycles.